The number of aromatic nitrogens is 2. The van der Waals surface area contributed by atoms with E-state index in [1.54, 1.807) is 0 Å². The molecule has 6 nitrogen and oxygen atoms in total. The summed E-state index contributed by atoms with van der Waals surface area (Å²) in [5.41, 5.74) is 9.73. The molecule has 0 radical (unpaired) electrons. The molecule has 0 saturated carbocycles. The molecule has 344 valence electrons. The van der Waals surface area contributed by atoms with Crippen LogP contribution < -0.4 is 0 Å². The van der Waals surface area contributed by atoms with Crippen LogP contribution in [0.15, 0.2) is 217 Å². The Hall–Kier alpha value is -7.42. The minimum atomic E-state index is 0. The molecule has 4 aromatic heterocycles. The molecule has 0 spiro atoms. The Morgan fingerprint density at radius 2 is 0.686 bits per heavy atom. The molecule has 0 atom stereocenters. The van der Waals surface area contributed by atoms with Gasteiger partial charge in [-0.1, -0.05) is 109 Å². The van der Waals surface area contributed by atoms with Gasteiger partial charge in [0.25, 0.3) is 11.5 Å². The Labute approximate surface area is 435 Å². The van der Waals surface area contributed by atoms with E-state index in [0.717, 1.165) is 105 Å². The molecule has 9 heteroatoms. The van der Waals surface area contributed by atoms with E-state index < -0.39 is 0 Å². The monoisotopic (exact) mass is 1030 g/mol. The minimum absolute atomic E-state index is 0. The molecule has 0 unspecified atom stereocenters. The third-order valence-electron chi connectivity index (χ3n) is 12.0. The third kappa shape index (κ3) is 9.74. The van der Waals surface area contributed by atoms with Crippen LogP contribution in [0, 0.1) is 13.8 Å². The minimum Gasteiger partial charge on any atom is -0.582 e. The van der Waals surface area contributed by atoms with E-state index in [2.05, 4.69) is 95.8 Å². The van der Waals surface area contributed by atoms with Crippen molar-refractivity contribution in [1.82, 2.24) is 9.13 Å². The number of rotatable bonds is 10. The number of thiophene rings is 2. The van der Waals surface area contributed by atoms with Crippen LogP contribution in [0.25, 0.3) is 75.9 Å². The number of para-hydroxylation sites is 6. The quantitative estimate of drug-likeness (QED) is 0.0813. The van der Waals surface area contributed by atoms with Gasteiger partial charge in [0.15, 0.2) is 24.7 Å². The zero-order chi connectivity index (χ0) is 47.1. The Morgan fingerprint density at radius 3 is 1.01 bits per heavy atom. The van der Waals surface area contributed by atoms with Crippen molar-refractivity contribution in [2.75, 3.05) is 13.2 Å². The number of ether oxygens (including phenoxy) is 2. The Bertz CT molecular complexity index is 3320. The summed E-state index contributed by atoms with van der Waals surface area (Å²) in [6.07, 6.45) is 0.745. The summed E-state index contributed by atoms with van der Waals surface area (Å²) in [6, 6.07) is 69.1. The maximum atomic E-state index is 11.7. The van der Waals surface area contributed by atoms with Crippen LogP contribution in [0.3, 0.4) is 0 Å². The van der Waals surface area contributed by atoms with Crippen molar-refractivity contribution in [2.24, 2.45) is 0 Å². The summed E-state index contributed by atoms with van der Waals surface area (Å²) in [5, 5.41) is 32.2. The molecule has 4 N–H and O–H groups in total. The van der Waals surface area contributed by atoms with Crippen LogP contribution in [-0.2, 0) is 26.2 Å². The second-order valence-corrected chi connectivity index (χ2v) is 18.2. The summed E-state index contributed by atoms with van der Waals surface area (Å²) in [5.74, 6) is 2.19. The molecule has 0 amide bonds. The van der Waals surface area contributed by atoms with Crippen molar-refractivity contribution in [3.63, 3.8) is 0 Å². The molecular weight excluding hydrogens is 980 g/mol. The maximum absolute atomic E-state index is 11.7. The van der Waals surface area contributed by atoms with E-state index >= 15 is 0 Å². The molecule has 0 fully saturated rings. The topological polar surface area (TPSA) is 75.9 Å². The van der Waals surface area contributed by atoms with Crippen molar-refractivity contribution >= 4 is 66.3 Å². The fourth-order valence-electron chi connectivity index (χ4n) is 8.78. The van der Waals surface area contributed by atoms with Crippen LogP contribution in [0.1, 0.15) is 17.5 Å². The second-order valence-electron chi connectivity index (χ2n) is 16.5. The van der Waals surface area contributed by atoms with Gasteiger partial charge in [-0.05, 0) is 36.4 Å². The van der Waals surface area contributed by atoms with Gasteiger partial charge >= 0.3 is 0 Å². The van der Waals surface area contributed by atoms with Crippen LogP contribution in [0.2, 0.25) is 0 Å². The van der Waals surface area contributed by atoms with E-state index in [0.29, 0.717) is 13.2 Å². The molecule has 12 aromatic rings. The van der Waals surface area contributed by atoms with Gasteiger partial charge < -0.3 is 28.8 Å². The Morgan fingerprint density at radius 1 is 0.386 bits per heavy atom. The first kappa shape index (κ1) is 47.6. The van der Waals surface area contributed by atoms with Crippen molar-refractivity contribution in [3.8, 4) is 55.3 Å². The summed E-state index contributed by atoms with van der Waals surface area (Å²) >= 11 is 3.06. The van der Waals surface area contributed by atoms with Gasteiger partial charge in [-0.25, -0.2) is 0 Å². The molecule has 0 aliphatic heterocycles. The maximum Gasteiger partial charge on any atom is 0.263 e. The average molecular weight is 1030 g/mol. The molecule has 8 aromatic carbocycles. The van der Waals surface area contributed by atoms with Gasteiger partial charge in [-0.15, -0.1) is 46.9 Å². The predicted octanol–water partition coefficient (Wildman–Crippen LogP) is 16.1. The van der Waals surface area contributed by atoms with Gasteiger partial charge in [0.05, 0.1) is 54.3 Å². The number of aromatic hydroxyl groups is 4. The molecule has 0 bridgehead atoms. The van der Waals surface area contributed by atoms with Gasteiger partial charge in [0.1, 0.15) is 6.42 Å². The molecule has 70 heavy (non-hydrogen) atoms. The Kier molecular flexibility index (Phi) is 14.9. The van der Waals surface area contributed by atoms with E-state index in [-0.39, 0.29) is 37.7 Å². The number of nitrogens with zero attached hydrogens (tertiary/aromatic N) is 2. The van der Waals surface area contributed by atoms with Gasteiger partial charge in [-0.3, -0.25) is 0 Å². The van der Waals surface area contributed by atoms with E-state index in [1.165, 1.54) is 22.7 Å². The van der Waals surface area contributed by atoms with E-state index in [1.807, 2.05) is 144 Å². The van der Waals surface area contributed by atoms with Gasteiger partial charge in [0, 0.05) is 70.6 Å². The second kappa shape index (κ2) is 21.9. The van der Waals surface area contributed by atoms with Gasteiger partial charge in [0.2, 0.25) is 0 Å². The van der Waals surface area contributed by atoms with Crippen LogP contribution in [0.4, 0.5) is 0 Å². The van der Waals surface area contributed by atoms with E-state index in [4.69, 9.17) is 9.47 Å². The smallest absolute Gasteiger partial charge is 0.263 e. The summed E-state index contributed by atoms with van der Waals surface area (Å²) in [6.45, 7) is 8.60. The fraction of sp³-hybridized carbons (Fsp3) is 0.0492. The largest absolute Gasteiger partial charge is 0.582 e. The number of aliphatic hydroxyl groups is 2. The van der Waals surface area contributed by atoms with Crippen molar-refractivity contribution in [2.45, 2.75) is 6.42 Å². The SMILES string of the molecule is Oc1c(-n2c3ccccc3c3ccccc32)csc1-c1ccccc1[OH+]CCC[OH+]c1ccccc1-c1scc(-n2c3ccccc3c3ccccc32)c1O.[CH2-]c1ccccc1.[CH2-]c1ccccc1.[Zr]. The summed E-state index contributed by atoms with van der Waals surface area (Å²) < 4.78 is 14.3. The molecular formula is C61H50N2O4S2Zr. The zero-order valence-electron chi connectivity index (χ0n) is 38.3. The van der Waals surface area contributed by atoms with Crippen molar-refractivity contribution < 1.29 is 45.9 Å². The number of hydrogen-bond acceptors (Lipinski definition) is 4. The average Bonchev–Trinajstić information content (AvgIpc) is 4.15. The number of hydrogen-bond donors (Lipinski definition) is 2. The van der Waals surface area contributed by atoms with Gasteiger partial charge in [-0.2, -0.15) is 49.2 Å². The summed E-state index contributed by atoms with van der Waals surface area (Å²) in [4.78, 5) is 1.59. The first-order chi connectivity index (χ1) is 34.0. The molecule has 4 heterocycles. The number of fused-ring (bicyclic) bond motifs is 6. The van der Waals surface area contributed by atoms with Crippen LogP contribution in [0.5, 0.6) is 23.0 Å². The van der Waals surface area contributed by atoms with Crippen LogP contribution >= 0.6 is 22.7 Å². The zero-order valence-corrected chi connectivity index (χ0v) is 42.4. The predicted molar refractivity (Wildman–Crippen MR) is 291 cm³/mol. The molecule has 0 aliphatic rings. The summed E-state index contributed by atoms with van der Waals surface area (Å²) in [7, 11) is 0. The normalized spacial score (nSPS) is 10.9. The van der Waals surface area contributed by atoms with Crippen molar-refractivity contribution in [1.29, 1.82) is 0 Å². The molecule has 12 rings (SSSR count). The van der Waals surface area contributed by atoms with E-state index in [9.17, 15) is 10.2 Å². The fourth-order valence-corrected chi connectivity index (χ4v) is 10.7. The molecule has 0 saturated heterocycles. The number of benzene rings is 8. The van der Waals surface area contributed by atoms with Crippen molar-refractivity contribution in [3.05, 3.63) is 242 Å². The third-order valence-corrected chi connectivity index (χ3v) is 14.0. The first-order valence-corrected chi connectivity index (χ1v) is 24.6. The first-order valence-electron chi connectivity index (χ1n) is 22.8. The van der Waals surface area contributed by atoms with Crippen LogP contribution in [-0.4, -0.2) is 42.0 Å². The standard InChI is InChI=1S/C47H34N2O4S2.2C7H7.Zr/c50-44-40(48-36-20-7-1-14-30(36)31-15-2-8-21-37(31)48)28-54-46(44)34-18-5-11-24-42(34)52-26-13-27-53-43-25-12-6-19-35(43)47-45(51)41(29-55-47)49-38-22-9-3-16-32(38)33-17-4-10-23-39(33)49;2*1-7-5-3-2-4-6-7;/h1-12,14-25,28-29,50-51H,13,26-27H2;2*2-6H,1H2;/q;2*-1;/p+2. The molecule has 0 aliphatic carbocycles. The Balaban J connectivity index is 0.000000350.